The number of nitrogen functional groups attached to an aromatic ring is 1. The third-order valence-corrected chi connectivity index (χ3v) is 3.53. The first-order valence-electron chi connectivity index (χ1n) is 6.86. The Kier molecular flexibility index (Phi) is 3.80. The standard InChI is InChI=1S/C17H16N2O3/c1-21-15-6-2-11(3-7-15)8-13-9-12-4-5-14(19-18)10-16(12)22-17(13)20/h2-7,9-10,19H,8,18H2,1H3. The summed E-state index contributed by atoms with van der Waals surface area (Å²) in [6.45, 7) is 0. The number of ether oxygens (including phenoxy) is 1. The summed E-state index contributed by atoms with van der Waals surface area (Å²) >= 11 is 0. The number of rotatable bonds is 4. The second-order valence-electron chi connectivity index (χ2n) is 4.98. The average molecular weight is 296 g/mol. The van der Waals surface area contributed by atoms with Crippen LogP contribution in [0.2, 0.25) is 0 Å². The van der Waals surface area contributed by atoms with Gasteiger partial charge < -0.3 is 14.6 Å². The first kappa shape index (κ1) is 14.2. The number of hydrazine groups is 1. The summed E-state index contributed by atoms with van der Waals surface area (Å²) in [6.07, 6.45) is 0.513. The van der Waals surface area contributed by atoms with Crippen molar-refractivity contribution in [2.75, 3.05) is 12.5 Å². The molecule has 0 fully saturated rings. The van der Waals surface area contributed by atoms with Crippen LogP contribution in [0.3, 0.4) is 0 Å². The second-order valence-corrected chi connectivity index (χ2v) is 4.98. The minimum Gasteiger partial charge on any atom is -0.497 e. The Bertz CT molecular complexity index is 854. The molecule has 0 radical (unpaired) electrons. The van der Waals surface area contributed by atoms with Gasteiger partial charge in [-0.15, -0.1) is 0 Å². The first-order valence-corrected chi connectivity index (χ1v) is 6.86. The molecule has 1 heterocycles. The van der Waals surface area contributed by atoms with Crippen LogP contribution < -0.4 is 21.6 Å². The summed E-state index contributed by atoms with van der Waals surface area (Å²) in [6, 6.07) is 14.9. The van der Waals surface area contributed by atoms with Crippen LogP contribution in [0.5, 0.6) is 5.75 Å². The van der Waals surface area contributed by atoms with Crippen LogP contribution in [0.15, 0.2) is 57.7 Å². The molecule has 0 aliphatic heterocycles. The van der Waals surface area contributed by atoms with Crippen molar-refractivity contribution in [2.24, 2.45) is 5.84 Å². The van der Waals surface area contributed by atoms with E-state index in [0.717, 1.165) is 16.7 Å². The van der Waals surface area contributed by atoms with E-state index < -0.39 is 0 Å². The fourth-order valence-corrected chi connectivity index (χ4v) is 2.33. The van der Waals surface area contributed by atoms with Gasteiger partial charge in [0.1, 0.15) is 11.3 Å². The second kappa shape index (κ2) is 5.91. The quantitative estimate of drug-likeness (QED) is 0.440. The molecule has 0 atom stereocenters. The van der Waals surface area contributed by atoms with Gasteiger partial charge in [-0.3, -0.25) is 5.84 Å². The molecular formula is C17H16N2O3. The molecule has 0 saturated heterocycles. The van der Waals surface area contributed by atoms with Gasteiger partial charge in [-0.25, -0.2) is 4.79 Å². The van der Waals surface area contributed by atoms with E-state index >= 15 is 0 Å². The summed E-state index contributed by atoms with van der Waals surface area (Å²) in [7, 11) is 1.62. The lowest BCUT2D eigenvalue weighted by Crippen LogP contribution is -2.09. The minimum absolute atomic E-state index is 0.336. The first-order chi connectivity index (χ1) is 10.7. The van der Waals surface area contributed by atoms with E-state index in [4.69, 9.17) is 15.0 Å². The molecule has 0 spiro atoms. The maximum absolute atomic E-state index is 12.1. The molecule has 3 aromatic rings. The molecule has 3 rings (SSSR count). The van der Waals surface area contributed by atoms with Crippen LogP contribution in [0.1, 0.15) is 11.1 Å². The average Bonchev–Trinajstić information content (AvgIpc) is 2.56. The van der Waals surface area contributed by atoms with Gasteiger partial charge in [-0.05, 0) is 35.9 Å². The van der Waals surface area contributed by atoms with Crippen LogP contribution in [0, 0.1) is 0 Å². The Hall–Kier alpha value is -2.79. The molecule has 22 heavy (non-hydrogen) atoms. The predicted octanol–water partition coefficient (Wildman–Crippen LogP) is 2.68. The molecule has 0 bridgehead atoms. The lowest BCUT2D eigenvalue weighted by atomic mass is 10.0. The number of anilines is 1. The summed E-state index contributed by atoms with van der Waals surface area (Å²) < 4.78 is 10.5. The highest BCUT2D eigenvalue weighted by atomic mass is 16.5. The Morgan fingerprint density at radius 2 is 1.91 bits per heavy atom. The molecule has 112 valence electrons. The maximum atomic E-state index is 12.1. The van der Waals surface area contributed by atoms with Gasteiger partial charge in [-0.1, -0.05) is 12.1 Å². The summed E-state index contributed by atoms with van der Waals surface area (Å²) in [4.78, 5) is 12.1. The van der Waals surface area contributed by atoms with Gasteiger partial charge in [0.2, 0.25) is 0 Å². The van der Waals surface area contributed by atoms with Crippen LogP contribution in [0.25, 0.3) is 11.0 Å². The van der Waals surface area contributed by atoms with E-state index in [1.807, 2.05) is 42.5 Å². The zero-order valence-corrected chi connectivity index (χ0v) is 12.1. The third-order valence-electron chi connectivity index (χ3n) is 3.53. The lowest BCUT2D eigenvalue weighted by Gasteiger charge is -2.05. The van der Waals surface area contributed by atoms with Crippen molar-refractivity contribution in [3.63, 3.8) is 0 Å². The number of hydrogen-bond acceptors (Lipinski definition) is 5. The van der Waals surface area contributed by atoms with Crippen molar-refractivity contribution >= 4 is 16.7 Å². The number of hydrogen-bond donors (Lipinski definition) is 2. The van der Waals surface area contributed by atoms with Crippen LogP contribution in [-0.4, -0.2) is 7.11 Å². The normalized spacial score (nSPS) is 10.6. The van der Waals surface area contributed by atoms with E-state index in [9.17, 15) is 4.79 Å². The van der Waals surface area contributed by atoms with Gasteiger partial charge >= 0.3 is 5.63 Å². The molecule has 3 N–H and O–H groups in total. The summed E-state index contributed by atoms with van der Waals surface area (Å²) in [5.41, 5.74) is 5.04. The number of fused-ring (bicyclic) bond motifs is 1. The monoisotopic (exact) mass is 296 g/mol. The molecule has 0 aliphatic carbocycles. The third kappa shape index (κ3) is 2.80. The van der Waals surface area contributed by atoms with E-state index in [1.165, 1.54) is 0 Å². The van der Waals surface area contributed by atoms with E-state index in [0.29, 0.717) is 23.3 Å². The van der Waals surface area contributed by atoms with Gasteiger partial charge in [0.05, 0.1) is 12.8 Å². The fraction of sp³-hybridized carbons (Fsp3) is 0.118. The molecule has 1 aromatic heterocycles. The smallest absolute Gasteiger partial charge is 0.339 e. The molecule has 2 aromatic carbocycles. The van der Waals surface area contributed by atoms with Gasteiger partial charge in [-0.2, -0.15) is 0 Å². The van der Waals surface area contributed by atoms with Crippen molar-refractivity contribution in [3.05, 3.63) is 70.1 Å². The number of benzene rings is 2. The highest BCUT2D eigenvalue weighted by molar-refractivity contribution is 5.80. The van der Waals surface area contributed by atoms with Gasteiger partial charge in [0, 0.05) is 23.4 Å². The molecule has 5 nitrogen and oxygen atoms in total. The Morgan fingerprint density at radius 3 is 2.59 bits per heavy atom. The lowest BCUT2D eigenvalue weighted by molar-refractivity contribution is 0.414. The number of methoxy groups -OCH3 is 1. The zero-order chi connectivity index (χ0) is 15.5. The molecule has 0 amide bonds. The van der Waals surface area contributed by atoms with E-state index in [1.54, 1.807) is 13.2 Å². The van der Waals surface area contributed by atoms with Crippen molar-refractivity contribution in [1.29, 1.82) is 0 Å². The Morgan fingerprint density at radius 1 is 1.14 bits per heavy atom. The van der Waals surface area contributed by atoms with Crippen LogP contribution in [-0.2, 0) is 6.42 Å². The molecule has 0 aliphatic rings. The molecule has 0 unspecified atom stereocenters. The Labute approximate surface area is 127 Å². The van der Waals surface area contributed by atoms with Crippen LogP contribution >= 0.6 is 0 Å². The SMILES string of the molecule is COc1ccc(Cc2cc3ccc(NN)cc3oc2=O)cc1. The van der Waals surface area contributed by atoms with E-state index in [-0.39, 0.29) is 5.63 Å². The molecular weight excluding hydrogens is 280 g/mol. The van der Waals surface area contributed by atoms with Gasteiger partial charge in [0.15, 0.2) is 0 Å². The van der Waals surface area contributed by atoms with Crippen molar-refractivity contribution < 1.29 is 9.15 Å². The van der Waals surface area contributed by atoms with Crippen molar-refractivity contribution in [3.8, 4) is 5.75 Å². The van der Waals surface area contributed by atoms with Crippen molar-refractivity contribution in [2.45, 2.75) is 6.42 Å². The Balaban J connectivity index is 1.96. The zero-order valence-electron chi connectivity index (χ0n) is 12.1. The van der Waals surface area contributed by atoms with Crippen molar-refractivity contribution in [1.82, 2.24) is 0 Å². The minimum atomic E-state index is -0.336. The summed E-state index contributed by atoms with van der Waals surface area (Å²) in [5, 5.41) is 0.863. The van der Waals surface area contributed by atoms with Gasteiger partial charge in [0.25, 0.3) is 0 Å². The fourth-order valence-electron chi connectivity index (χ4n) is 2.33. The molecule has 0 saturated carbocycles. The largest absolute Gasteiger partial charge is 0.497 e. The number of nitrogens with one attached hydrogen (secondary N) is 1. The van der Waals surface area contributed by atoms with Crippen LogP contribution in [0.4, 0.5) is 5.69 Å². The highest BCUT2D eigenvalue weighted by Crippen LogP contribution is 2.20. The summed E-state index contributed by atoms with van der Waals surface area (Å²) in [5.74, 6) is 6.14. The number of nitrogens with two attached hydrogens (primary N) is 1. The predicted molar refractivity (Wildman–Crippen MR) is 86.1 cm³/mol. The maximum Gasteiger partial charge on any atom is 0.339 e. The topological polar surface area (TPSA) is 77.5 Å². The molecule has 5 heteroatoms. The highest BCUT2D eigenvalue weighted by Gasteiger charge is 2.07. The van der Waals surface area contributed by atoms with E-state index in [2.05, 4.69) is 5.43 Å².